The number of aryl methyl sites for hydroxylation is 3. The summed E-state index contributed by atoms with van der Waals surface area (Å²) in [6, 6.07) is 9.58. The van der Waals surface area contributed by atoms with Crippen LogP contribution in [0.3, 0.4) is 0 Å². The summed E-state index contributed by atoms with van der Waals surface area (Å²) < 4.78 is 28.6. The van der Waals surface area contributed by atoms with Crippen molar-refractivity contribution in [3.8, 4) is 0 Å². The van der Waals surface area contributed by atoms with Crippen LogP contribution in [0.5, 0.6) is 0 Å². The molecule has 1 heterocycles. The molecule has 0 spiro atoms. The van der Waals surface area contributed by atoms with Crippen molar-refractivity contribution in [2.45, 2.75) is 19.9 Å². The average molecular weight is 287 g/mol. The van der Waals surface area contributed by atoms with Crippen molar-refractivity contribution >= 4 is 17.0 Å². The quantitative estimate of drug-likeness (QED) is 0.802. The molecule has 108 valence electrons. The number of nitrogens with zero attached hydrogens (tertiary/aromatic N) is 2. The van der Waals surface area contributed by atoms with Gasteiger partial charge in [0.25, 0.3) is 0 Å². The van der Waals surface area contributed by atoms with Crippen LogP contribution < -0.4 is 5.73 Å². The van der Waals surface area contributed by atoms with E-state index in [0.717, 1.165) is 11.1 Å². The van der Waals surface area contributed by atoms with Crippen molar-refractivity contribution in [1.29, 1.82) is 0 Å². The van der Waals surface area contributed by atoms with Crippen molar-refractivity contribution < 1.29 is 8.78 Å². The highest BCUT2D eigenvalue weighted by atomic mass is 19.1. The van der Waals surface area contributed by atoms with Gasteiger partial charge >= 0.3 is 0 Å². The second-order valence-corrected chi connectivity index (χ2v) is 5.09. The van der Waals surface area contributed by atoms with Gasteiger partial charge in [-0.2, -0.15) is 0 Å². The molecule has 3 rings (SSSR count). The smallest absolute Gasteiger partial charge is 0.201 e. The summed E-state index contributed by atoms with van der Waals surface area (Å²) in [6.07, 6.45) is 0.629. The molecule has 2 aromatic carbocycles. The number of anilines is 1. The zero-order valence-corrected chi connectivity index (χ0v) is 11.6. The molecular weight excluding hydrogens is 272 g/mol. The Balaban J connectivity index is 1.93. The number of aromatic nitrogens is 2. The monoisotopic (exact) mass is 287 g/mol. The lowest BCUT2D eigenvalue weighted by atomic mass is 10.1. The Morgan fingerprint density at radius 3 is 2.76 bits per heavy atom. The van der Waals surface area contributed by atoms with Gasteiger partial charge < -0.3 is 10.3 Å². The van der Waals surface area contributed by atoms with Gasteiger partial charge in [-0.05, 0) is 42.7 Å². The SMILES string of the molecule is Cc1cc2c(cc1F)nc(N)n2CCc1cccc(F)c1. The van der Waals surface area contributed by atoms with Gasteiger partial charge in [0.1, 0.15) is 11.6 Å². The van der Waals surface area contributed by atoms with Crippen molar-refractivity contribution in [2.75, 3.05) is 5.73 Å². The first-order valence-electron chi connectivity index (χ1n) is 6.71. The summed E-state index contributed by atoms with van der Waals surface area (Å²) in [6.45, 7) is 2.27. The fraction of sp³-hybridized carbons (Fsp3) is 0.188. The Morgan fingerprint density at radius 1 is 1.19 bits per heavy atom. The van der Waals surface area contributed by atoms with Crippen LogP contribution in [0.15, 0.2) is 36.4 Å². The van der Waals surface area contributed by atoms with E-state index < -0.39 is 0 Å². The highest BCUT2D eigenvalue weighted by Crippen LogP contribution is 2.22. The number of rotatable bonds is 3. The van der Waals surface area contributed by atoms with E-state index in [1.54, 1.807) is 19.1 Å². The lowest BCUT2D eigenvalue weighted by Gasteiger charge is -2.07. The fourth-order valence-electron chi connectivity index (χ4n) is 2.44. The van der Waals surface area contributed by atoms with Crippen LogP contribution in [0.25, 0.3) is 11.0 Å². The summed E-state index contributed by atoms with van der Waals surface area (Å²) in [5.41, 5.74) is 8.67. The van der Waals surface area contributed by atoms with Gasteiger partial charge in [0.05, 0.1) is 11.0 Å². The van der Waals surface area contributed by atoms with Crippen LogP contribution in [-0.2, 0) is 13.0 Å². The maximum absolute atomic E-state index is 13.6. The molecule has 0 saturated heterocycles. The topological polar surface area (TPSA) is 43.8 Å². The molecule has 1 aromatic heterocycles. The molecule has 5 heteroatoms. The lowest BCUT2D eigenvalue weighted by molar-refractivity contribution is 0.619. The predicted molar refractivity (Wildman–Crippen MR) is 78.9 cm³/mol. The maximum Gasteiger partial charge on any atom is 0.201 e. The largest absolute Gasteiger partial charge is 0.369 e. The number of hydrogen-bond acceptors (Lipinski definition) is 2. The van der Waals surface area contributed by atoms with Gasteiger partial charge in [-0.25, -0.2) is 13.8 Å². The summed E-state index contributed by atoms with van der Waals surface area (Å²) >= 11 is 0. The summed E-state index contributed by atoms with van der Waals surface area (Å²) in [4.78, 5) is 4.17. The molecule has 0 unspecified atom stereocenters. The third-order valence-electron chi connectivity index (χ3n) is 3.57. The van der Waals surface area contributed by atoms with E-state index in [1.165, 1.54) is 18.2 Å². The third kappa shape index (κ3) is 2.59. The minimum Gasteiger partial charge on any atom is -0.369 e. The van der Waals surface area contributed by atoms with E-state index in [1.807, 2.05) is 10.6 Å². The van der Waals surface area contributed by atoms with Crippen LogP contribution in [0.1, 0.15) is 11.1 Å². The van der Waals surface area contributed by atoms with Gasteiger partial charge in [0.15, 0.2) is 0 Å². The lowest BCUT2D eigenvalue weighted by Crippen LogP contribution is -2.06. The minimum atomic E-state index is -0.294. The zero-order chi connectivity index (χ0) is 15.0. The summed E-state index contributed by atoms with van der Waals surface area (Å²) in [5.74, 6) is -0.211. The molecular formula is C16H15F2N3. The van der Waals surface area contributed by atoms with Gasteiger partial charge in [-0.3, -0.25) is 0 Å². The van der Waals surface area contributed by atoms with Crippen molar-refractivity contribution in [1.82, 2.24) is 9.55 Å². The van der Waals surface area contributed by atoms with E-state index >= 15 is 0 Å². The molecule has 3 nitrogen and oxygen atoms in total. The summed E-state index contributed by atoms with van der Waals surface area (Å²) in [5, 5.41) is 0. The van der Waals surface area contributed by atoms with Gasteiger partial charge in [-0.1, -0.05) is 12.1 Å². The molecule has 0 bridgehead atoms. The summed E-state index contributed by atoms with van der Waals surface area (Å²) in [7, 11) is 0. The molecule has 0 aliphatic heterocycles. The molecule has 0 saturated carbocycles. The van der Waals surface area contributed by atoms with Crippen LogP contribution in [0, 0.1) is 18.6 Å². The zero-order valence-electron chi connectivity index (χ0n) is 11.6. The van der Waals surface area contributed by atoms with Crippen LogP contribution >= 0.6 is 0 Å². The van der Waals surface area contributed by atoms with Crippen LogP contribution in [0.2, 0.25) is 0 Å². The molecule has 3 aromatic rings. The van der Waals surface area contributed by atoms with Crippen LogP contribution in [0.4, 0.5) is 14.7 Å². The second-order valence-electron chi connectivity index (χ2n) is 5.09. The van der Waals surface area contributed by atoms with Crippen molar-refractivity contribution in [3.05, 3.63) is 59.2 Å². The Kier molecular flexibility index (Phi) is 3.33. The first kappa shape index (κ1) is 13.5. The Morgan fingerprint density at radius 2 is 2.00 bits per heavy atom. The Labute approximate surface area is 121 Å². The molecule has 0 fully saturated rings. The molecule has 0 atom stereocenters. The predicted octanol–water partition coefficient (Wildman–Crippen LogP) is 3.45. The highest BCUT2D eigenvalue weighted by Gasteiger charge is 2.11. The maximum atomic E-state index is 13.6. The number of fused-ring (bicyclic) bond motifs is 1. The minimum absolute atomic E-state index is 0.256. The van der Waals surface area contributed by atoms with Crippen LogP contribution in [-0.4, -0.2) is 9.55 Å². The van der Waals surface area contributed by atoms with Gasteiger partial charge in [-0.15, -0.1) is 0 Å². The van der Waals surface area contributed by atoms with E-state index in [0.29, 0.717) is 30.0 Å². The number of benzene rings is 2. The first-order chi connectivity index (χ1) is 10.0. The number of nitrogens with two attached hydrogens (primary N) is 1. The average Bonchev–Trinajstić information content (AvgIpc) is 2.72. The second kappa shape index (κ2) is 5.16. The molecule has 21 heavy (non-hydrogen) atoms. The molecule has 2 N–H and O–H groups in total. The number of hydrogen-bond donors (Lipinski definition) is 1. The van der Waals surface area contributed by atoms with E-state index in [9.17, 15) is 8.78 Å². The van der Waals surface area contributed by atoms with Crippen molar-refractivity contribution in [3.63, 3.8) is 0 Å². The number of imidazole rings is 1. The van der Waals surface area contributed by atoms with Crippen molar-refractivity contribution in [2.24, 2.45) is 0 Å². The van der Waals surface area contributed by atoms with Gasteiger partial charge in [0, 0.05) is 12.6 Å². The number of halogens is 2. The Hall–Kier alpha value is -2.43. The molecule has 0 radical (unpaired) electrons. The fourth-order valence-corrected chi connectivity index (χ4v) is 2.44. The molecule has 0 aliphatic rings. The third-order valence-corrected chi connectivity index (χ3v) is 3.57. The van der Waals surface area contributed by atoms with E-state index in [-0.39, 0.29) is 11.6 Å². The van der Waals surface area contributed by atoms with Gasteiger partial charge in [0.2, 0.25) is 5.95 Å². The van der Waals surface area contributed by atoms with E-state index in [2.05, 4.69) is 4.98 Å². The number of nitrogen functional groups attached to an aromatic ring is 1. The Bertz CT molecular complexity index is 809. The van der Waals surface area contributed by atoms with E-state index in [4.69, 9.17) is 5.73 Å². The molecule has 0 aliphatic carbocycles. The standard InChI is InChI=1S/C16H15F2N3/c1-10-7-15-14(9-13(10)18)20-16(19)21(15)6-5-11-3-2-4-12(17)8-11/h2-4,7-9H,5-6H2,1H3,(H2,19,20). The first-order valence-corrected chi connectivity index (χ1v) is 6.71. The normalized spacial score (nSPS) is 11.2. The molecule has 0 amide bonds. The highest BCUT2D eigenvalue weighted by molar-refractivity contribution is 5.79.